The van der Waals surface area contributed by atoms with Crippen molar-refractivity contribution >= 4 is 20.8 Å². The van der Waals surface area contributed by atoms with Crippen molar-refractivity contribution in [3.63, 3.8) is 0 Å². The van der Waals surface area contributed by atoms with Gasteiger partial charge in [0.15, 0.2) is 0 Å². The Morgan fingerprint density at radius 1 is 1.23 bits per heavy atom. The van der Waals surface area contributed by atoms with Crippen molar-refractivity contribution in [3.05, 3.63) is 35.4 Å². The number of nitrogens with one attached hydrogen (secondary N) is 1. The van der Waals surface area contributed by atoms with Crippen LogP contribution in [0.4, 0.5) is 0 Å². The number of hydrogen-bond donors (Lipinski definition) is 1. The van der Waals surface area contributed by atoms with Gasteiger partial charge in [0.1, 0.15) is 16.5 Å². The Balaban J connectivity index is 2.35. The van der Waals surface area contributed by atoms with Crippen LogP contribution in [0.25, 0.3) is 4.91 Å². The van der Waals surface area contributed by atoms with Crippen LogP contribution in [0.15, 0.2) is 34.8 Å². The zero-order valence-electron chi connectivity index (χ0n) is 13.4. The van der Waals surface area contributed by atoms with Gasteiger partial charge in [-0.25, -0.2) is 8.42 Å². The van der Waals surface area contributed by atoms with Crippen LogP contribution in [0.1, 0.15) is 32.8 Å². The van der Waals surface area contributed by atoms with Crippen molar-refractivity contribution in [2.45, 2.75) is 27.2 Å². The molecule has 22 heavy (non-hydrogen) atoms. The predicted molar refractivity (Wildman–Crippen MR) is 89.4 cm³/mol. The third-order valence-electron chi connectivity index (χ3n) is 3.52. The molecule has 0 radical (unpaired) electrons. The molecule has 0 spiro atoms. The first-order valence-electron chi connectivity index (χ1n) is 7.28. The molecule has 0 atom stereocenters. The summed E-state index contributed by atoms with van der Waals surface area (Å²) in [6, 6.07) is 6.99. The Morgan fingerprint density at radius 3 is 2.41 bits per heavy atom. The summed E-state index contributed by atoms with van der Waals surface area (Å²) in [5.41, 5.74) is 1.30. The summed E-state index contributed by atoms with van der Waals surface area (Å²) in [4.78, 5) is 4.68. The topological polar surface area (TPSA) is 67.8 Å². The highest BCUT2D eigenvalue weighted by Crippen LogP contribution is 2.30. The van der Waals surface area contributed by atoms with Crippen LogP contribution < -0.4 is 9.46 Å². The number of aliphatic imine (C=N–C) groups is 1. The first kappa shape index (κ1) is 16.5. The molecule has 1 aliphatic rings. The van der Waals surface area contributed by atoms with Crippen LogP contribution in [0, 0.1) is 5.92 Å². The minimum absolute atomic E-state index is 0.290. The Hall–Kier alpha value is -1.82. The summed E-state index contributed by atoms with van der Waals surface area (Å²) in [6.07, 6.45) is 0.927. The second-order valence-corrected chi connectivity index (χ2v) is 7.32. The summed E-state index contributed by atoms with van der Waals surface area (Å²) in [6.45, 7) is 6.63. The fourth-order valence-corrected chi connectivity index (χ4v) is 3.78. The Bertz CT molecular complexity index is 701. The van der Waals surface area contributed by atoms with Crippen molar-refractivity contribution in [2.75, 3.05) is 13.7 Å². The van der Waals surface area contributed by atoms with E-state index in [0.29, 0.717) is 40.1 Å². The Morgan fingerprint density at radius 2 is 1.86 bits per heavy atom. The molecule has 120 valence electrons. The number of hydrogen-bond acceptors (Lipinski definition) is 4. The fraction of sp³-hybridized carbons (Fsp3) is 0.438. The number of methoxy groups -OCH3 is 1. The van der Waals surface area contributed by atoms with Crippen LogP contribution in [-0.4, -0.2) is 27.9 Å². The van der Waals surface area contributed by atoms with Crippen LogP contribution in [0.3, 0.4) is 0 Å². The highest BCUT2D eigenvalue weighted by Gasteiger charge is 2.32. The lowest BCUT2D eigenvalue weighted by Crippen LogP contribution is -2.23. The van der Waals surface area contributed by atoms with Crippen LogP contribution in [0.5, 0.6) is 5.75 Å². The van der Waals surface area contributed by atoms with Gasteiger partial charge < -0.3 is 4.74 Å². The molecule has 0 aromatic heterocycles. The number of ether oxygens (including phenoxy) is 1. The lowest BCUT2D eigenvalue weighted by atomic mass is 10.1. The molecule has 0 aliphatic carbocycles. The van der Waals surface area contributed by atoms with Gasteiger partial charge in [-0.15, -0.1) is 0 Å². The van der Waals surface area contributed by atoms with E-state index in [9.17, 15) is 8.42 Å². The minimum atomic E-state index is -3.55. The number of benzene rings is 1. The molecule has 0 saturated carbocycles. The zero-order valence-corrected chi connectivity index (χ0v) is 14.2. The summed E-state index contributed by atoms with van der Waals surface area (Å²) in [5.74, 6) is 1.68. The van der Waals surface area contributed by atoms with Gasteiger partial charge in [0.2, 0.25) is 0 Å². The van der Waals surface area contributed by atoms with Crippen molar-refractivity contribution < 1.29 is 13.2 Å². The standard InChI is InChI=1S/C16H22N2O3S/c1-11(2)9-10-17-16-12(3)15(22(19,20)18-16)13-5-7-14(21-4)8-6-13/h5-8,11H,9-10H2,1-4H3,(H,17,18). The van der Waals surface area contributed by atoms with Crippen LogP contribution in [-0.2, 0) is 10.0 Å². The first-order chi connectivity index (χ1) is 10.3. The van der Waals surface area contributed by atoms with Crippen molar-refractivity contribution in [3.8, 4) is 5.75 Å². The molecule has 6 heteroatoms. The second kappa shape index (κ2) is 6.52. The molecule has 1 aliphatic heterocycles. The maximum atomic E-state index is 12.4. The molecule has 1 aromatic carbocycles. The van der Waals surface area contributed by atoms with E-state index in [1.54, 1.807) is 38.3 Å². The minimum Gasteiger partial charge on any atom is -0.497 e. The van der Waals surface area contributed by atoms with Crippen LogP contribution in [0.2, 0.25) is 0 Å². The molecule has 1 N–H and O–H groups in total. The van der Waals surface area contributed by atoms with Gasteiger partial charge >= 0.3 is 0 Å². The number of sulfonamides is 1. The van der Waals surface area contributed by atoms with Gasteiger partial charge in [0.05, 0.1) is 7.11 Å². The van der Waals surface area contributed by atoms with Gasteiger partial charge in [-0.2, -0.15) is 0 Å². The summed E-state index contributed by atoms with van der Waals surface area (Å²) in [7, 11) is -1.97. The fourth-order valence-electron chi connectivity index (χ4n) is 2.26. The highest BCUT2D eigenvalue weighted by atomic mass is 32.2. The molecule has 1 aromatic rings. The second-order valence-electron chi connectivity index (χ2n) is 5.70. The molecule has 0 saturated heterocycles. The maximum absolute atomic E-state index is 12.4. The molecule has 0 fully saturated rings. The molecule has 5 nitrogen and oxygen atoms in total. The summed E-state index contributed by atoms with van der Waals surface area (Å²) >= 11 is 0. The lowest BCUT2D eigenvalue weighted by molar-refractivity contribution is 0.415. The Labute approximate surface area is 132 Å². The summed E-state index contributed by atoms with van der Waals surface area (Å²) < 4.78 is 32.4. The molecule has 1 heterocycles. The van der Waals surface area contributed by atoms with E-state index in [1.807, 2.05) is 0 Å². The molecule has 0 amide bonds. The van der Waals surface area contributed by atoms with E-state index in [-0.39, 0.29) is 0 Å². The number of amidine groups is 1. The van der Waals surface area contributed by atoms with E-state index >= 15 is 0 Å². The van der Waals surface area contributed by atoms with Crippen molar-refractivity contribution in [1.82, 2.24) is 4.72 Å². The van der Waals surface area contributed by atoms with Crippen molar-refractivity contribution in [1.29, 1.82) is 0 Å². The molecule has 0 bridgehead atoms. The van der Waals surface area contributed by atoms with Gasteiger partial charge in [-0.3, -0.25) is 9.71 Å². The van der Waals surface area contributed by atoms with Crippen LogP contribution >= 0.6 is 0 Å². The van der Waals surface area contributed by atoms with E-state index < -0.39 is 10.0 Å². The summed E-state index contributed by atoms with van der Waals surface area (Å²) in [5, 5.41) is 0. The Kier molecular flexibility index (Phi) is 4.90. The van der Waals surface area contributed by atoms with Crippen molar-refractivity contribution in [2.24, 2.45) is 10.9 Å². The first-order valence-corrected chi connectivity index (χ1v) is 8.76. The zero-order chi connectivity index (χ0) is 16.3. The molecular formula is C16H22N2O3S. The maximum Gasteiger partial charge on any atom is 0.264 e. The predicted octanol–water partition coefficient (Wildman–Crippen LogP) is 2.80. The van der Waals surface area contributed by atoms with Gasteiger partial charge in [-0.05, 0) is 49.1 Å². The average molecular weight is 322 g/mol. The normalized spacial score (nSPS) is 18.9. The van der Waals surface area contributed by atoms with Gasteiger partial charge in [-0.1, -0.05) is 13.8 Å². The number of nitrogens with zero attached hydrogens (tertiary/aromatic N) is 1. The van der Waals surface area contributed by atoms with Gasteiger partial charge in [0, 0.05) is 12.1 Å². The van der Waals surface area contributed by atoms with E-state index in [1.165, 1.54) is 0 Å². The highest BCUT2D eigenvalue weighted by molar-refractivity contribution is 8.00. The third kappa shape index (κ3) is 3.50. The van der Waals surface area contributed by atoms with E-state index in [4.69, 9.17) is 4.74 Å². The van der Waals surface area contributed by atoms with E-state index in [0.717, 1.165) is 6.42 Å². The van der Waals surface area contributed by atoms with E-state index in [2.05, 4.69) is 23.6 Å². The number of rotatable bonds is 5. The smallest absolute Gasteiger partial charge is 0.264 e. The lowest BCUT2D eigenvalue weighted by Gasteiger charge is -2.04. The average Bonchev–Trinajstić information content (AvgIpc) is 2.68. The quantitative estimate of drug-likeness (QED) is 0.906. The monoisotopic (exact) mass is 322 g/mol. The third-order valence-corrected chi connectivity index (χ3v) is 5.07. The molecular weight excluding hydrogens is 300 g/mol. The largest absolute Gasteiger partial charge is 0.497 e. The molecule has 0 unspecified atom stereocenters. The SMILES string of the molecule is COc1ccc(C2=C(C)C(=NCCC(C)C)NS2(=O)=O)cc1. The van der Waals surface area contributed by atoms with Gasteiger partial charge in [0.25, 0.3) is 10.0 Å². The molecule has 2 rings (SSSR count).